The summed E-state index contributed by atoms with van der Waals surface area (Å²) in [6.45, 7) is 2.12. The van der Waals surface area contributed by atoms with Gasteiger partial charge >= 0.3 is 6.01 Å². The lowest BCUT2D eigenvalue weighted by molar-refractivity contribution is 0.312. The number of halogens is 2. The Morgan fingerprint density at radius 3 is 2.31 bits per heavy atom. The first kappa shape index (κ1) is 21.4. The fourth-order valence-electron chi connectivity index (χ4n) is 2.98. The van der Waals surface area contributed by atoms with Crippen molar-refractivity contribution in [3.63, 3.8) is 0 Å². The van der Waals surface area contributed by atoms with Gasteiger partial charge in [-0.15, -0.1) is 5.10 Å². The minimum atomic E-state index is -3.89. The van der Waals surface area contributed by atoms with Gasteiger partial charge in [0.05, 0.1) is 22.8 Å². The van der Waals surface area contributed by atoms with E-state index in [9.17, 15) is 17.2 Å². The fourth-order valence-corrected chi connectivity index (χ4v) is 4.04. The number of sulfonamides is 1. The van der Waals surface area contributed by atoms with Crippen molar-refractivity contribution in [2.45, 2.75) is 11.8 Å². The summed E-state index contributed by atoms with van der Waals surface area (Å²) in [6.07, 6.45) is 0. The van der Waals surface area contributed by atoms with Crippen molar-refractivity contribution < 1.29 is 21.9 Å². The normalized spacial score (nSPS) is 11.3. The average Bonchev–Trinajstić information content (AvgIpc) is 3.18. The lowest BCUT2D eigenvalue weighted by Gasteiger charge is -2.10. The molecule has 0 aliphatic rings. The number of anilines is 1. The summed E-state index contributed by atoms with van der Waals surface area (Å²) in [4.78, 5) is 4.22. The lowest BCUT2D eigenvalue weighted by Crippen LogP contribution is -2.13. The zero-order valence-electron chi connectivity index (χ0n) is 16.9. The highest BCUT2D eigenvalue weighted by Crippen LogP contribution is 2.27. The van der Waals surface area contributed by atoms with E-state index in [0.717, 1.165) is 12.1 Å². The van der Waals surface area contributed by atoms with Crippen LogP contribution < -0.4 is 9.46 Å². The summed E-state index contributed by atoms with van der Waals surface area (Å²) in [5.74, 6) is -0.753. The van der Waals surface area contributed by atoms with Gasteiger partial charge in [-0.25, -0.2) is 21.9 Å². The molecule has 0 amide bonds. The van der Waals surface area contributed by atoms with Crippen LogP contribution in [0.15, 0.2) is 77.7 Å². The summed E-state index contributed by atoms with van der Waals surface area (Å²) in [6, 6.07) is 17.0. The molecule has 1 N–H and O–H groups in total. The van der Waals surface area contributed by atoms with Gasteiger partial charge in [-0.05, 0) is 67.6 Å². The van der Waals surface area contributed by atoms with E-state index in [1.165, 1.54) is 35.0 Å². The molecule has 32 heavy (non-hydrogen) atoms. The van der Waals surface area contributed by atoms with E-state index < -0.39 is 21.7 Å². The van der Waals surface area contributed by atoms with Crippen LogP contribution >= 0.6 is 0 Å². The highest BCUT2D eigenvalue weighted by atomic mass is 32.2. The molecule has 10 heteroatoms. The molecule has 0 radical (unpaired) electrons. The molecule has 0 atom stereocenters. The van der Waals surface area contributed by atoms with E-state index in [2.05, 4.69) is 14.8 Å². The van der Waals surface area contributed by atoms with Crippen molar-refractivity contribution in [3.8, 4) is 23.1 Å². The third-order valence-electron chi connectivity index (χ3n) is 4.46. The molecular weight excluding hydrogens is 438 g/mol. The Bertz CT molecular complexity index is 1340. The molecular formula is C22H18F2N4O3S. The van der Waals surface area contributed by atoms with E-state index in [0.29, 0.717) is 12.3 Å². The Morgan fingerprint density at radius 2 is 1.66 bits per heavy atom. The van der Waals surface area contributed by atoms with Gasteiger partial charge in [0.25, 0.3) is 10.0 Å². The van der Waals surface area contributed by atoms with Crippen LogP contribution in [0.2, 0.25) is 0 Å². The van der Waals surface area contributed by atoms with E-state index >= 15 is 0 Å². The molecule has 1 heterocycles. The maximum Gasteiger partial charge on any atom is 0.336 e. The quantitative estimate of drug-likeness (QED) is 0.445. The van der Waals surface area contributed by atoms with Crippen LogP contribution in [0.4, 0.5) is 14.5 Å². The Balaban J connectivity index is 1.66. The van der Waals surface area contributed by atoms with Crippen LogP contribution in [0.25, 0.3) is 17.1 Å². The molecule has 0 fully saturated rings. The third kappa shape index (κ3) is 4.45. The monoisotopic (exact) mass is 456 g/mol. The number of rotatable bonds is 7. The second kappa shape index (κ2) is 8.75. The second-order valence-corrected chi connectivity index (χ2v) is 8.33. The molecule has 7 nitrogen and oxygen atoms in total. The summed E-state index contributed by atoms with van der Waals surface area (Å²) in [7, 11) is -3.89. The number of hydrogen-bond acceptors (Lipinski definition) is 5. The van der Waals surface area contributed by atoms with Crippen LogP contribution in [0.3, 0.4) is 0 Å². The Kier molecular flexibility index (Phi) is 5.87. The van der Waals surface area contributed by atoms with Crippen molar-refractivity contribution in [2.75, 3.05) is 11.3 Å². The zero-order chi connectivity index (χ0) is 22.7. The standard InChI is InChI=1S/C22H18F2N4O3S/c1-2-31-22-25-21(19-5-3-4-6-20(19)24)28(26-22)17-11-9-16(10-12-17)27-32(29,30)18-13-7-15(23)8-14-18/h3-14,27H,2H2,1H3. The minimum Gasteiger partial charge on any atom is -0.463 e. The van der Waals surface area contributed by atoms with Crippen molar-refractivity contribution in [3.05, 3.63) is 84.4 Å². The van der Waals surface area contributed by atoms with Gasteiger partial charge in [-0.1, -0.05) is 12.1 Å². The van der Waals surface area contributed by atoms with E-state index in [1.54, 1.807) is 37.3 Å². The van der Waals surface area contributed by atoms with Crippen LogP contribution in [0.1, 0.15) is 6.92 Å². The Labute approximate surface area is 183 Å². The van der Waals surface area contributed by atoms with E-state index in [4.69, 9.17) is 4.74 Å². The van der Waals surface area contributed by atoms with Crippen LogP contribution in [-0.2, 0) is 10.0 Å². The van der Waals surface area contributed by atoms with Gasteiger partial charge in [-0.2, -0.15) is 4.98 Å². The predicted molar refractivity (Wildman–Crippen MR) is 115 cm³/mol. The first-order valence-electron chi connectivity index (χ1n) is 9.61. The Hall–Kier alpha value is -3.79. The molecule has 0 unspecified atom stereocenters. The number of benzene rings is 3. The zero-order valence-corrected chi connectivity index (χ0v) is 17.7. The number of nitrogens with one attached hydrogen (secondary N) is 1. The van der Waals surface area contributed by atoms with Crippen LogP contribution in [0.5, 0.6) is 6.01 Å². The largest absolute Gasteiger partial charge is 0.463 e. The minimum absolute atomic E-state index is 0.0672. The number of aromatic nitrogens is 3. The average molecular weight is 456 g/mol. The lowest BCUT2D eigenvalue weighted by atomic mass is 10.2. The number of nitrogens with zero attached hydrogens (tertiary/aromatic N) is 3. The van der Waals surface area contributed by atoms with E-state index in [-0.39, 0.29) is 28.0 Å². The molecule has 0 bridgehead atoms. The summed E-state index contributed by atoms with van der Waals surface area (Å²) in [5, 5.41) is 4.29. The highest BCUT2D eigenvalue weighted by molar-refractivity contribution is 7.92. The molecule has 4 rings (SSSR count). The predicted octanol–water partition coefficient (Wildman–Crippen LogP) is 4.41. The smallest absolute Gasteiger partial charge is 0.336 e. The number of ether oxygens (including phenoxy) is 1. The molecule has 0 aliphatic carbocycles. The van der Waals surface area contributed by atoms with Crippen molar-refractivity contribution >= 4 is 15.7 Å². The first-order valence-corrected chi connectivity index (χ1v) is 11.1. The fraction of sp³-hybridized carbons (Fsp3) is 0.0909. The molecule has 4 aromatic rings. The highest BCUT2D eigenvalue weighted by Gasteiger charge is 2.18. The van der Waals surface area contributed by atoms with Crippen molar-refractivity contribution in [1.82, 2.24) is 14.8 Å². The maximum absolute atomic E-state index is 14.4. The molecule has 0 aliphatic heterocycles. The second-order valence-electron chi connectivity index (χ2n) is 6.65. The van der Waals surface area contributed by atoms with Crippen molar-refractivity contribution in [1.29, 1.82) is 0 Å². The molecule has 0 saturated carbocycles. The van der Waals surface area contributed by atoms with Gasteiger partial charge in [0.15, 0.2) is 5.82 Å². The van der Waals surface area contributed by atoms with Crippen LogP contribution in [0, 0.1) is 11.6 Å². The van der Waals surface area contributed by atoms with E-state index in [1.807, 2.05) is 0 Å². The van der Waals surface area contributed by atoms with Gasteiger partial charge in [0, 0.05) is 5.69 Å². The maximum atomic E-state index is 14.4. The van der Waals surface area contributed by atoms with Gasteiger partial charge in [-0.3, -0.25) is 4.72 Å². The molecule has 1 aromatic heterocycles. The number of hydrogen-bond donors (Lipinski definition) is 1. The molecule has 0 spiro atoms. The van der Waals surface area contributed by atoms with Crippen LogP contribution in [-0.4, -0.2) is 29.8 Å². The summed E-state index contributed by atoms with van der Waals surface area (Å²) >= 11 is 0. The summed E-state index contributed by atoms with van der Waals surface area (Å²) < 4.78 is 61.7. The SMILES string of the molecule is CCOc1nc(-c2ccccc2F)n(-c2ccc(NS(=O)(=O)c3ccc(F)cc3)cc2)n1. The topological polar surface area (TPSA) is 86.1 Å². The van der Waals surface area contributed by atoms with Gasteiger partial charge in [0.1, 0.15) is 11.6 Å². The third-order valence-corrected chi connectivity index (χ3v) is 5.86. The Morgan fingerprint density at radius 1 is 0.969 bits per heavy atom. The van der Waals surface area contributed by atoms with Gasteiger partial charge < -0.3 is 4.74 Å². The molecule has 164 valence electrons. The molecule has 3 aromatic carbocycles. The molecule has 0 saturated heterocycles. The van der Waals surface area contributed by atoms with Crippen molar-refractivity contribution in [2.24, 2.45) is 0 Å². The summed E-state index contributed by atoms with van der Waals surface area (Å²) in [5.41, 5.74) is 1.05. The first-order chi connectivity index (χ1) is 15.4. The van der Waals surface area contributed by atoms with Gasteiger partial charge in [0.2, 0.25) is 0 Å².